The van der Waals surface area contributed by atoms with E-state index in [4.69, 9.17) is 4.74 Å². The average Bonchev–Trinajstić information content (AvgIpc) is 3.40. The summed E-state index contributed by atoms with van der Waals surface area (Å²) in [7, 11) is 0. The third-order valence-corrected chi connectivity index (χ3v) is 5.85. The van der Waals surface area contributed by atoms with Gasteiger partial charge in [0.1, 0.15) is 12.0 Å². The van der Waals surface area contributed by atoms with Crippen LogP contribution in [0.2, 0.25) is 0 Å². The van der Waals surface area contributed by atoms with E-state index in [2.05, 4.69) is 10.3 Å². The van der Waals surface area contributed by atoms with E-state index in [9.17, 15) is 9.59 Å². The van der Waals surface area contributed by atoms with Crippen molar-refractivity contribution in [2.24, 2.45) is 0 Å². The number of hydrogen-bond donors (Lipinski definition) is 1. The normalized spacial score (nSPS) is 16.4. The van der Waals surface area contributed by atoms with Crippen LogP contribution in [0.3, 0.4) is 0 Å². The number of nitrogens with one attached hydrogen (secondary N) is 1. The lowest BCUT2D eigenvalue weighted by atomic mass is 10.1. The second kappa shape index (κ2) is 7.98. The number of nitrogens with zero attached hydrogens (tertiary/aromatic N) is 2. The Morgan fingerprint density at radius 2 is 2.00 bits per heavy atom. The number of carbonyl (C=O) groups is 2. The van der Waals surface area contributed by atoms with Crippen LogP contribution in [0.1, 0.15) is 41.4 Å². The van der Waals surface area contributed by atoms with Gasteiger partial charge in [-0.2, -0.15) is 0 Å². The number of amides is 1. The van der Waals surface area contributed by atoms with Crippen molar-refractivity contribution in [3.05, 3.63) is 71.0 Å². The minimum absolute atomic E-state index is 0.164. The molecule has 0 saturated heterocycles. The first kappa shape index (κ1) is 18.4. The number of rotatable bonds is 6. The average molecular weight is 395 g/mol. The monoisotopic (exact) mass is 395 g/mol. The van der Waals surface area contributed by atoms with Crippen LogP contribution in [0.5, 0.6) is 0 Å². The molecular formula is C21H21N3O3S. The molecule has 0 fully saturated rings. The molecule has 2 atom stereocenters. The van der Waals surface area contributed by atoms with Gasteiger partial charge in [-0.25, -0.2) is 4.98 Å². The minimum Gasteiger partial charge on any atom is -0.465 e. The molecule has 7 heteroatoms. The summed E-state index contributed by atoms with van der Waals surface area (Å²) in [6.07, 6.45) is 5.25. The highest BCUT2D eigenvalue weighted by molar-refractivity contribution is 7.16. The zero-order chi connectivity index (χ0) is 19.5. The second-order valence-electron chi connectivity index (χ2n) is 6.60. The van der Waals surface area contributed by atoms with Gasteiger partial charge in [0.2, 0.25) is 0 Å². The first-order chi connectivity index (χ1) is 13.7. The number of aromatic nitrogens is 2. The molecule has 1 aromatic carbocycles. The molecule has 6 nitrogen and oxygen atoms in total. The highest BCUT2D eigenvalue weighted by Crippen LogP contribution is 2.39. The molecule has 3 aromatic rings. The van der Waals surface area contributed by atoms with Crippen LogP contribution in [-0.4, -0.2) is 28.0 Å². The van der Waals surface area contributed by atoms with Gasteiger partial charge in [0.15, 0.2) is 5.13 Å². The van der Waals surface area contributed by atoms with Gasteiger partial charge in [-0.1, -0.05) is 30.3 Å². The third-order valence-electron chi connectivity index (χ3n) is 4.81. The Bertz CT molecular complexity index is 966. The van der Waals surface area contributed by atoms with Crippen molar-refractivity contribution in [1.82, 2.24) is 9.55 Å². The Kier molecular flexibility index (Phi) is 5.25. The van der Waals surface area contributed by atoms with Gasteiger partial charge >= 0.3 is 5.97 Å². The Morgan fingerprint density at radius 1 is 1.25 bits per heavy atom. The Morgan fingerprint density at radius 3 is 2.71 bits per heavy atom. The summed E-state index contributed by atoms with van der Waals surface area (Å²) in [4.78, 5) is 30.8. The SMILES string of the molecule is CCOC(=O)[C@@H]1CCc2sc(NC(=O)[C@H](c3ccccc3)n3cccc3)nc21. The van der Waals surface area contributed by atoms with E-state index in [1.165, 1.54) is 11.3 Å². The van der Waals surface area contributed by atoms with Crippen molar-refractivity contribution in [2.45, 2.75) is 31.7 Å². The molecule has 1 aliphatic carbocycles. The van der Waals surface area contributed by atoms with E-state index >= 15 is 0 Å². The molecule has 1 N–H and O–H groups in total. The van der Waals surface area contributed by atoms with Crippen molar-refractivity contribution >= 4 is 28.3 Å². The van der Waals surface area contributed by atoms with Gasteiger partial charge in [-0.05, 0) is 37.5 Å². The molecule has 144 valence electrons. The number of benzene rings is 1. The molecule has 0 bridgehead atoms. The van der Waals surface area contributed by atoms with Crippen LogP contribution in [-0.2, 0) is 20.7 Å². The van der Waals surface area contributed by atoms with E-state index < -0.39 is 6.04 Å². The maximum atomic E-state index is 13.1. The molecule has 0 saturated carbocycles. The van der Waals surface area contributed by atoms with Crippen molar-refractivity contribution in [3.63, 3.8) is 0 Å². The van der Waals surface area contributed by atoms with Crippen LogP contribution in [0.25, 0.3) is 0 Å². The summed E-state index contributed by atoms with van der Waals surface area (Å²) in [5.41, 5.74) is 1.64. The highest BCUT2D eigenvalue weighted by Gasteiger charge is 2.34. The van der Waals surface area contributed by atoms with Crippen LogP contribution in [0, 0.1) is 0 Å². The molecule has 2 heterocycles. The number of fused-ring (bicyclic) bond motifs is 1. The number of aryl methyl sites for hydroxylation is 1. The number of thiazole rings is 1. The third kappa shape index (κ3) is 3.57. The number of carbonyl (C=O) groups excluding carboxylic acids is 2. The van der Waals surface area contributed by atoms with Gasteiger partial charge in [0, 0.05) is 17.3 Å². The van der Waals surface area contributed by atoms with E-state index in [0.717, 1.165) is 29.0 Å². The molecular weight excluding hydrogens is 374 g/mol. The van der Waals surface area contributed by atoms with Crippen LogP contribution in [0.4, 0.5) is 5.13 Å². The fourth-order valence-corrected chi connectivity index (χ4v) is 4.58. The summed E-state index contributed by atoms with van der Waals surface area (Å²) >= 11 is 1.44. The van der Waals surface area contributed by atoms with Crippen molar-refractivity contribution < 1.29 is 14.3 Å². The van der Waals surface area contributed by atoms with Gasteiger partial charge in [-0.15, -0.1) is 11.3 Å². The van der Waals surface area contributed by atoms with Gasteiger partial charge in [-0.3, -0.25) is 14.9 Å². The molecule has 0 radical (unpaired) electrons. The smallest absolute Gasteiger partial charge is 0.315 e. The maximum Gasteiger partial charge on any atom is 0.315 e. The van der Waals surface area contributed by atoms with Crippen molar-refractivity contribution in [3.8, 4) is 0 Å². The minimum atomic E-state index is -0.490. The standard InChI is InChI=1S/C21H21N3O3S/c1-2-27-20(26)15-10-11-16-17(15)22-21(28-16)23-19(25)18(24-12-6-7-13-24)14-8-4-3-5-9-14/h3-9,12-13,15,18H,2,10-11H2,1H3,(H,22,23,25)/t15-,18+/m1/s1. The lowest BCUT2D eigenvalue weighted by Gasteiger charge is -2.18. The fourth-order valence-electron chi connectivity index (χ4n) is 3.54. The predicted molar refractivity (Wildman–Crippen MR) is 107 cm³/mol. The van der Waals surface area contributed by atoms with E-state index in [0.29, 0.717) is 11.7 Å². The summed E-state index contributed by atoms with van der Waals surface area (Å²) in [6.45, 7) is 2.15. The summed E-state index contributed by atoms with van der Waals surface area (Å²) in [6, 6.07) is 12.9. The molecule has 0 unspecified atom stereocenters. The van der Waals surface area contributed by atoms with Gasteiger partial charge in [0.05, 0.1) is 12.3 Å². The quantitative estimate of drug-likeness (QED) is 0.645. The van der Waals surface area contributed by atoms with Gasteiger partial charge in [0.25, 0.3) is 5.91 Å². The predicted octanol–water partition coefficient (Wildman–Crippen LogP) is 3.77. The molecule has 1 amide bonds. The molecule has 1 aliphatic rings. The first-order valence-electron chi connectivity index (χ1n) is 9.32. The highest BCUT2D eigenvalue weighted by atomic mass is 32.1. The first-order valence-corrected chi connectivity index (χ1v) is 10.1. The summed E-state index contributed by atoms with van der Waals surface area (Å²) < 4.78 is 7.02. The van der Waals surface area contributed by atoms with Crippen molar-refractivity contribution in [2.75, 3.05) is 11.9 Å². The van der Waals surface area contributed by atoms with Crippen molar-refractivity contribution in [1.29, 1.82) is 0 Å². The van der Waals surface area contributed by atoms with Crippen LogP contribution in [0.15, 0.2) is 54.9 Å². The number of anilines is 1. The van der Waals surface area contributed by atoms with Crippen LogP contribution < -0.4 is 5.32 Å². The maximum absolute atomic E-state index is 13.1. The molecule has 0 aliphatic heterocycles. The zero-order valence-corrected chi connectivity index (χ0v) is 16.3. The van der Waals surface area contributed by atoms with Gasteiger partial charge < -0.3 is 9.30 Å². The topological polar surface area (TPSA) is 73.2 Å². The molecule has 4 rings (SSSR count). The lowest BCUT2D eigenvalue weighted by Crippen LogP contribution is -2.26. The van der Waals surface area contributed by atoms with E-state index in [-0.39, 0.29) is 17.8 Å². The fraction of sp³-hybridized carbons (Fsp3) is 0.286. The second-order valence-corrected chi connectivity index (χ2v) is 7.69. The van der Waals surface area contributed by atoms with E-state index in [1.807, 2.05) is 59.4 Å². The number of hydrogen-bond acceptors (Lipinski definition) is 5. The summed E-state index contributed by atoms with van der Waals surface area (Å²) in [5, 5.41) is 3.47. The molecule has 28 heavy (non-hydrogen) atoms. The Balaban J connectivity index is 1.56. The zero-order valence-electron chi connectivity index (χ0n) is 15.5. The lowest BCUT2D eigenvalue weighted by molar-refractivity contribution is -0.145. The van der Waals surface area contributed by atoms with Crippen LogP contribution >= 0.6 is 11.3 Å². The molecule has 2 aromatic heterocycles. The number of ether oxygens (including phenoxy) is 1. The Labute approximate surface area is 167 Å². The summed E-state index contributed by atoms with van der Waals surface area (Å²) in [5.74, 6) is -0.729. The number of esters is 1. The largest absolute Gasteiger partial charge is 0.465 e. The van der Waals surface area contributed by atoms with E-state index in [1.54, 1.807) is 6.92 Å². The molecule has 0 spiro atoms. The Hall–Kier alpha value is -2.93.